The Morgan fingerprint density at radius 2 is 1.96 bits per heavy atom. The van der Waals surface area contributed by atoms with Crippen LogP contribution in [0.2, 0.25) is 5.02 Å². The standard InChI is InChI=1S/C19H22ClN3O3S/c1-23-11-5-8-16(23)18(13-6-3-2-4-7-13)22-19(24)14-9-10-15(20)17(12-14)27(21,25)26/h2-4,6-7,9-10,12,16,18H,5,8,11H2,1H3,(H,22,24)(H2,21,25,26)/t16-,18?/m0/s1. The van der Waals surface area contributed by atoms with Crippen molar-refractivity contribution in [2.45, 2.75) is 29.8 Å². The van der Waals surface area contributed by atoms with E-state index < -0.39 is 10.0 Å². The number of sulfonamides is 1. The Bertz CT molecular complexity index is 934. The number of benzene rings is 2. The van der Waals surface area contributed by atoms with Crippen LogP contribution in [-0.4, -0.2) is 38.9 Å². The van der Waals surface area contributed by atoms with Gasteiger partial charge in [0.15, 0.2) is 0 Å². The fourth-order valence-corrected chi connectivity index (χ4v) is 4.58. The Morgan fingerprint density at radius 1 is 1.26 bits per heavy atom. The Morgan fingerprint density at radius 3 is 2.56 bits per heavy atom. The molecule has 1 saturated heterocycles. The van der Waals surface area contributed by atoms with E-state index in [1.165, 1.54) is 18.2 Å². The van der Waals surface area contributed by atoms with Gasteiger partial charge in [0.2, 0.25) is 10.0 Å². The maximum atomic E-state index is 12.9. The molecule has 27 heavy (non-hydrogen) atoms. The van der Waals surface area contributed by atoms with Crippen LogP contribution in [0.25, 0.3) is 0 Å². The smallest absolute Gasteiger partial charge is 0.251 e. The molecule has 0 bridgehead atoms. The molecule has 1 aliphatic heterocycles. The van der Waals surface area contributed by atoms with Crippen molar-refractivity contribution in [3.63, 3.8) is 0 Å². The van der Waals surface area contributed by atoms with E-state index in [0.717, 1.165) is 24.9 Å². The highest BCUT2D eigenvalue weighted by Gasteiger charge is 2.32. The van der Waals surface area contributed by atoms with Gasteiger partial charge >= 0.3 is 0 Å². The molecule has 1 aliphatic rings. The van der Waals surface area contributed by atoms with E-state index >= 15 is 0 Å². The SMILES string of the molecule is CN1CCC[C@H]1C(NC(=O)c1ccc(Cl)c(S(N)(=O)=O)c1)c1ccccc1. The van der Waals surface area contributed by atoms with Crippen molar-refractivity contribution in [1.29, 1.82) is 0 Å². The molecule has 0 radical (unpaired) electrons. The first-order chi connectivity index (χ1) is 12.8. The summed E-state index contributed by atoms with van der Waals surface area (Å²) in [6, 6.07) is 13.8. The minimum absolute atomic E-state index is 0.0100. The van der Waals surface area contributed by atoms with Crippen LogP contribution in [0.1, 0.15) is 34.8 Å². The minimum atomic E-state index is -4.01. The zero-order valence-corrected chi connectivity index (χ0v) is 16.5. The summed E-state index contributed by atoms with van der Waals surface area (Å²) in [5.41, 5.74) is 1.20. The molecular weight excluding hydrogens is 386 g/mol. The predicted molar refractivity (Wildman–Crippen MR) is 105 cm³/mol. The second kappa shape index (κ2) is 7.98. The average molecular weight is 408 g/mol. The molecule has 1 fully saturated rings. The van der Waals surface area contributed by atoms with Crippen LogP contribution in [0.5, 0.6) is 0 Å². The number of nitrogens with one attached hydrogen (secondary N) is 1. The summed E-state index contributed by atoms with van der Waals surface area (Å²) in [6.07, 6.45) is 2.04. The number of carbonyl (C=O) groups is 1. The molecule has 0 spiro atoms. The van der Waals surface area contributed by atoms with E-state index in [0.29, 0.717) is 0 Å². The van der Waals surface area contributed by atoms with Crippen molar-refractivity contribution in [2.24, 2.45) is 5.14 Å². The van der Waals surface area contributed by atoms with Gasteiger partial charge in [-0.25, -0.2) is 13.6 Å². The third kappa shape index (κ3) is 4.50. The van der Waals surface area contributed by atoms with Crippen LogP contribution in [0.15, 0.2) is 53.4 Å². The lowest BCUT2D eigenvalue weighted by Crippen LogP contribution is -2.41. The summed E-state index contributed by atoms with van der Waals surface area (Å²) < 4.78 is 23.4. The monoisotopic (exact) mass is 407 g/mol. The molecule has 0 aromatic heterocycles. The van der Waals surface area contributed by atoms with Gasteiger partial charge in [0.05, 0.1) is 11.1 Å². The molecule has 0 saturated carbocycles. The first-order valence-corrected chi connectivity index (χ1v) is 10.6. The predicted octanol–water partition coefficient (Wildman–Crippen LogP) is 2.55. The number of carbonyl (C=O) groups excluding carboxylic acids is 1. The third-order valence-electron chi connectivity index (χ3n) is 4.91. The first-order valence-electron chi connectivity index (χ1n) is 8.66. The Kier molecular flexibility index (Phi) is 5.86. The fraction of sp³-hybridized carbons (Fsp3) is 0.316. The number of halogens is 1. The first kappa shape index (κ1) is 19.8. The summed E-state index contributed by atoms with van der Waals surface area (Å²) in [6.45, 7) is 0.973. The lowest BCUT2D eigenvalue weighted by Gasteiger charge is -2.30. The molecular formula is C19H22ClN3O3S. The van der Waals surface area contributed by atoms with Gasteiger partial charge in [-0.3, -0.25) is 4.79 Å². The summed E-state index contributed by atoms with van der Waals surface area (Å²) in [5.74, 6) is -0.370. The van der Waals surface area contributed by atoms with Gasteiger partial charge in [0, 0.05) is 11.6 Å². The van der Waals surface area contributed by atoms with Gasteiger partial charge < -0.3 is 10.2 Å². The molecule has 144 valence electrons. The highest BCUT2D eigenvalue weighted by Crippen LogP contribution is 2.29. The van der Waals surface area contributed by atoms with Gasteiger partial charge in [0.1, 0.15) is 4.90 Å². The molecule has 8 heteroatoms. The van der Waals surface area contributed by atoms with E-state index in [1.807, 2.05) is 37.4 Å². The van der Waals surface area contributed by atoms with Gasteiger partial charge in [-0.15, -0.1) is 0 Å². The van der Waals surface area contributed by atoms with E-state index in [9.17, 15) is 13.2 Å². The van der Waals surface area contributed by atoms with Crippen molar-refractivity contribution in [3.8, 4) is 0 Å². The van der Waals surface area contributed by atoms with Crippen LogP contribution in [0.4, 0.5) is 0 Å². The highest BCUT2D eigenvalue weighted by molar-refractivity contribution is 7.89. The number of hydrogen-bond acceptors (Lipinski definition) is 4. The number of likely N-dealkylation sites (tertiary alicyclic amines) is 1. The number of rotatable bonds is 5. The zero-order valence-electron chi connectivity index (χ0n) is 14.9. The number of primary sulfonamides is 1. The van der Waals surface area contributed by atoms with Gasteiger partial charge in [-0.1, -0.05) is 41.9 Å². The molecule has 3 rings (SSSR count). The normalized spacial score (nSPS) is 19.0. The summed E-state index contributed by atoms with van der Waals surface area (Å²) in [5, 5.41) is 8.24. The molecule has 2 aromatic carbocycles. The fourth-order valence-electron chi connectivity index (χ4n) is 3.51. The molecule has 2 aromatic rings. The number of likely N-dealkylation sites (N-methyl/N-ethyl adjacent to an activating group) is 1. The molecule has 6 nitrogen and oxygen atoms in total. The molecule has 1 heterocycles. The number of nitrogens with zero attached hydrogens (tertiary/aromatic N) is 1. The second-order valence-electron chi connectivity index (χ2n) is 6.74. The lowest BCUT2D eigenvalue weighted by molar-refractivity contribution is 0.0912. The van der Waals surface area contributed by atoms with Gasteiger partial charge in [-0.2, -0.15) is 0 Å². The highest BCUT2D eigenvalue weighted by atomic mass is 35.5. The maximum absolute atomic E-state index is 12.9. The lowest BCUT2D eigenvalue weighted by atomic mass is 9.97. The number of nitrogens with two attached hydrogens (primary N) is 1. The van der Waals surface area contributed by atoms with E-state index in [1.54, 1.807) is 0 Å². The van der Waals surface area contributed by atoms with Crippen molar-refractivity contribution in [3.05, 3.63) is 64.7 Å². The van der Waals surface area contributed by atoms with E-state index in [4.69, 9.17) is 16.7 Å². The third-order valence-corrected chi connectivity index (χ3v) is 6.30. The molecule has 0 aliphatic carbocycles. The Labute approximate surface area is 164 Å². The minimum Gasteiger partial charge on any atom is -0.344 e. The van der Waals surface area contributed by atoms with E-state index in [2.05, 4.69) is 10.2 Å². The van der Waals surface area contributed by atoms with Crippen molar-refractivity contribution < 1.29 is 13.2 Å². The van der Waals surface area contributed by atoms with Crippen molar-refractivity contribution in [2.75, 3.05) is 13.6 Å². The quantitative estimate of drug-likeness (QED) is 0.796. The summed E-state index contributed by atoms with van der Waals surface area (Å²) >= 11 is 5.91. The van der Waals surface area contributed by atoms with Crippen molar-refractivity contribution >= 4 is 27.5 Å². The number of hydrogen-bond donors (Lipinski definition) is 2. The average Bonchev–Trinajstić information content (AvgIpc) is 3.05. The molecule has 2 atom stereocenters. The van der Waals surface area contributed by atoms with Crippen LogP contribution in [0, 0.1) is 0 Å². The van der Waals surface area contributed by atoms with Crippen LogP contribution >= 0.6 is 11.6 Å². The van der Waals surface area contributed by atoms with Crippen LogP contribution in [-0.2, 0) is 10.0 Å². The number of amides is 1. The van der Waals surface area contributed by atoms with Crippen LogP contribution in [0.3, 0.4) is 0 Å². The Hall–Kier alpha value is -1.93. The maximum Gasteiger partial charge on any atom is 0.251 e. The Balaban J connectivity index is 1.91. The van der Waals surface area contributed by atoms with E-state index in [-0.39, 0.29) is 33.5 Å². The van der Waals surface area contributed by atoms with Gasteiger partial charge in [0.25, 0.3) is 5.91 Å². The second-order valence-corrected chi connectivity index (χ2v) is 8.68. The topological polar surface area (TPSA) is 92.5 Å². The summed E-state index contributed by atoms with van der Waals surface area (Å²) in [4.78, 5) is 14.8. The van der Waals surface area contributed by atoms with Gasteiger partial charge in [-0.05, 0) is 50.2 Å². The molecule has 1 unspecified atom stereocenters. The van der Waals surface area contributed by atoms with Crippen molar-refractivity contribution in [1.82, 2.24) is 10.2 Å². The summed E-state index contributed by atoms with van der Waals surface area (Å²) in [7, 11) is -1.97. The van der Waals surface area contributed by atoms with Crippen LogP contribution < -0.4 is 10.5 Å². The largest absolute Gasteiger partial charge is 0.344 e. The molecule has 3 N–H and O–H groups in total. The molecule has 1 amide bonds. The zero-order chi connectivity index (χ0) is 19.6.